The Morgan fingerprint density at radius 1 is 1.05 bits per heavy atom. The quantitative estimate of drug-likeness (QED) is 0.664. The van der Waals surface area contributed by atoms with Crippen molar-refractivity contribution in [1.82, 2.24) is 4.98 Å². The highest BCUT2D eigenvalue weighted by Crippen LogP contribution is 2.27. The number of H-pyrrole nitrogens is 1. The number of benzene rings is 1. The minimum atomic E-state index is -0.591. The molecule has 0 bridgehead atoms. The minimum Gasteiger partial charge on any atom is -0.358 e. The van der Waals surface area contributed by atoms with E-state index in [9.17, 15) is 9.59 Å². The molecule has 20 heavy (non-hydrogen) atoms. The lowest BCUT2D eigenvalue weighted by atomic mass is 9.90. The molecule has 4 nitrogen and oxygen atoms in total. The summed E-state index contributed by atoms with van der Waals surface area (Å²) in [5, 5.41) is 2.75. The van der Waals surface area contributed by atoms with E-state index in [0.29, 0.717) is 5.69 Å². The summed E-state index contributed by atoms with van der Waals surface area (Å²) in [6, 6.07) is 9.19. The maximum Gasteiger partial charge on any atom is 0.298 e. The molecule has 1 aromatic carbocycles. The number of aromatic nitrogens is 1. The summed E-state index contributed by atoms with van der Waals surface area (Å²) in [5.74, 6) is -1.13. The lowest BCUT2D eigenvalue weighted by Gasteiger charge is -2.19. The Bertz CT molecular complexity index is 645. The summed E-state index contributed by atoms with van der Waals surface area (Å²) in [5.41, 5.74) is 3.53. The Morgan fingerprint density at radius 2 is 1.90 bits per heavy atom. The molecule has 1 aromatic heterocycles. The zero-order valence-electron chi connectivity index (χ0n) is 11.1. The van der Waals surface area contributed by atoms with Gasteiger partial charge in [0.15, 0.2) is 0 Å². The molecule has 0 saturated heterocycles. The third kappa shape index (κ3) is 2.37. The van der Waals surface area contributed by atoms with Crippen LogP contribution < -0.4 is 5.32 Å². The third-order valence-corrected chi connectivity index (χ3v) is 3.69. The molecule has 1 aliphatic rings. The average Bonchev–Trinajstić information content (AvgIpc) is 3.01. The summed E-state index contributed by atoms with van der Waals surface area (Å²) in [6.07, 6.45) is 5.95. The zero-order chi connectivity index (χ0) is 13.9. The molecule has 0 radical (unpaired) electrons. The molecule has 3 rings (SSSR count). The van der Waals surface area contributed by atoms with Gasteiger partial charge >= 0.3 is 0 Å². The van der Waals surface area contributed by atoms with Gasteiger partial charge in [0, 0.05) is 11.9 Å². The van der Waals surface area contributed by atoms with E-state index in [4.69, 9.17) is 0 Å². The van der Waals surface area contributed by atoms with Crippen LogP contribution in [0.1, 0.15) is 34.5 Å². The van der Waals surface area contributed by atoms with Gasteiger partial charge in [-0.2, -0.15) is 0 Å². The fourth-order valence-corrected chi connectivity index (χ4v) is 2.67. The number of aryl methyl sites for hydroxylation is 1. The predicted molar refractivity (Wildman–Crippen MR) is 76.8 cm³/mol. The SMILES string of the molecule is O=C(Nc1cccc2c1CCCC2)C(=O)c1ccc[nH]1. The highest BCUT2D eigenvalue weighted by atomic mass is 16.2. The summed E-state index contributed by atoms with van der Waals surface area (Å²) >= 11 is 0. The van der Waals surface area contributed by atoms with Gasteiger partial charge in [0.25, 0.3) is 11.7 Å². The number of Topliss-reactive ketones (excluding diaryl/α,β-unsaturated/α-hetero) is 1. The number of hydrogen-bond donors (Lipinski definition) is 2. The number of nitrogens with one attached hydrogen (secondary N) is 2. The average molecular weight is 268 g/mol. The third-order valence-electron chi connectivity index (χ3n) is 3.69. The van der Waals surface area contributed by atoms with E-state index in [1.165, 1.54) is 17.5 Å². The Labute approximate surface area is 117 Å². The van der Waals surface area contributed by atoms with Crippen molar-refractivity contribution in [3.05, 3.63) is 53.3 Å². The van der Waals surface area contributed by atoms with E-state index in [0.717, 1.165) is 24.9 Å². The summed E-state index contributed by atoms with van der Waals surface area (Å²) in [6.45, 7) is 0. The molecule has 1 amide bonds. The van der Waals surface area contributed by atoms with E-state index in [2.05, 4.69) is 16.4 Å². The van der Waals surface area contributed by atoms with E-state index >= 15 is 0 Å². The first-order valence-corrected chi connectivity index (χ1v) is 6.85. The van der Waals surface area contributed by atoms with Crippen molar-refractivity contribution >= 4 is 17.4 Å². The maximum absolute atomic E-state index is 12.0. The van der Waals surface area contributed by atoms with Gasteiger partial charge in [-0.15, -0.1) is 0 Å². The number of amides is 1. The van der Waals surface area contributed by atoms with Crippen molar-refractivity contribution in [2.75, 3.05) is 5.32 Å². The maximum atomic E-state index is 12.0. The topological polar surface area (TPSA) is 62.0 Å². The van der Waals surface area contributed by atoms with Crippen molar-refractivity contribution in [3.63, 3.8) is 0 Å². The first-order chi connectivity index (χ1) is 9.75. The van der Waals surface area contributed by atoms with Gasteiger partial charge in [0.1, 0.15) is 0 Å². The van der Waals surface area contributed by atoms with Crippen LogP contribution in [0.25, 0.3) is 0 Å². The largest absolute Gasteiger partial charge is 0.358 e. The molecule has 0 unspecified atom stereocenters. The van der Waals surface area contributed by atoms with Gasteiger partial charge in [0.05, 0.1) is 5.69 Å². The number of ketones is 1. The number of carbonyl (C=O) groups is 2. The number of fused-ring (bicyclic) bond motifs is 1. The standard InChI is InChI=1S/C16H16N2O2/c19-15(14-9-4-10-17-14)16(20)18-13-8-3-6-11-5-1-2-7-12(11)13/h3-4,6,8-10,17H,1-2,5,7H2,(H,18,20). The second-order valence-corrected chi connectivity index (χ2v) is 5.02. The van der Waals surface area contributed by atoms with Crippen molar-refractivity contribution in [1.29, 1.82) is 0 Å². The lowest BCUT2D eigenvalue weighted by molar-refractivity contribution is -0.112. The predicted octanol–water partition coefficient (Wildman–Crippen LogP) is 2.71. The van der Waals surface area contributed by atoms with Crippen molar-refractivity contribution in [2.45, 2.75) is 25.7 Å². The molecule has 0 fully saturated rings. The summed E-state index contributed by atoms with van der Waals surface area (Å²) in [4.78, 5) is 26.7. The summed E-state index contributed by atoms with van der Waals surface area (Å²) in [7, 11) is 0. The van der Waals surface area contributed by atoms with E-state index in [-0.39, 0.29) is 0 Å². The highest BCUT2D eigenvalue weighted by molar-refractivity contribution is 6.46. The Kier molecular flexibility index (Phi) is 3.37. The van der Waals surface area contributed by atoms with Crippen LogP contribution in [-0.4, -0.2) is 16.7 Å². The molecule has 102 valence electrons. The van der Waals surface area contributed by atoms with E-state index in [1.807, 2.05) is 12.1 Å². The fraction of sp³-hybridized carbons (Fsp3) is 0.250. The smallest absolute Gasteiger partial charge is 0.298 e. The van der Waals surface area contributed by atoms with Crippen LogP contribution in [0, 0.1) is 0 Å². The first-order valence-electron chi connectivity index (χ1n) is 6.85. The molecular weight excluding hydrogens is 252 g/mol. The van der Waals surface area contributed by atoms with Crippen molar-refractivity contribution < 1.29 is 9.59 Å². The van der Waals surface area contributed by atoms with Crippen LogP contribution in [-0.2, 0) is 17.6 Å². The molecule has 2 aromatic rings. The van der Waals surface area contributed by atoms with Crippen molar-refractivity contribution in [2.24, 2.45) is 0 Å². The van der Waals surface area contributed by atoms with E-state index < -0.39 is 11.7 Å². The highest BCUT2D eigenvalue weighted by Gasteiger charge is 2.20. The van der Waals surface area contributed by atoms with Gasteiger partial charge in [0.2, 0.25) is 0 Å². The van der Waals surface area contributed by atoms with Crippen molar-refractivity contribution in [3.8, 4) is 0 Å². The molecule has 0 aliphatic heterocycles. The molecule has 0 spiro atoms. The lowest BCUT2D eigenvalue weighted by Crippen LogP contribution is -2.24. The number of aromatic amines is 1. The monoisotopic (exact) mass is 268 g/mol. The van der Waals surface area contributed by atoms with Crippen LogP contribution in [0.5, 0.6) is 0 Å². The number of rotatable bonds is 3. The summed E-state index contributed by atoms with van der Waals surface area (Å²) < 4.78 is 0. The minimum absolute atomic E-state index is 0.312. The Balaban J connectivity index is 1.81. The molecular formula is C16H16N2O2. The molecule has 1 aliphatic carbocycles. The van der Waals surface area contributed by atoms with Gasteiger partial charge in [-0.25, -0.2) is 0 Å². The molecule has 4 heteroatoms. The Morgan fingerprint density at radius 3 is 2.70 bits per heavy atom. The van der Waals surface area contributed by atoms with Gasteiger partial charge in [-0.3, -0.25) is 9.59 Å². The molecule has 0 atom stereocenters. The van der Waals surface area contributed by atoms with Gasteiger partial charge in [-0.05, 0) is 55.0 Å². The number of carbonyl (C=O) groups excluding carboxylic acids is 2. The number of anilines is 1. The fourth-order valence-electron chi connectivity index (χ4n) is 2.67. The number of hydrogen-bond acceptors (Lipinski definition) is 2. The van der Waals surface area contributed by atoms with Crippen LogP contribution in [0.3, 0.4) is 0 Å². The Hall–Kier alpha value is -2.36. The van der Waals surface area contributed by atoms with Crippen LogP contribution in [0.2, 0.25) is 0 Å². The second kappa shape index (κ2) is 5.33. The van der Waals surface area contributed by atoms with Gasteiger partial charge < -0.3 is 10.3 Å². The molecule has 0 saturated carbocycles. The molecule has 2 N–H and O–H groups in total. The van der Waals surface area contributed by atoms with Crippen LogP contribution in [0.15, 0.2) is 36.5 Å². The zero-order valence-corrected chi connectivity index (χ0v) is 11.1. The van der Waals surface area contributed by atoms with Crippen LogP contribution >= 0.6 is 0 Å². The molecule has 1 heterocycles. The van der Waals surface area contributed by atoms with Gasteiger partial charge in [-0.1, -0.05) is 12.1 Å². The first kappa shape index (κ1) is 12.7. The van der Waals surface area contributed by atoms with Crippen LogP contribution in [0.4, 0.5) is 5.69 Å². The van der Waals surface area contributed by atoms with E-state index in [1.54, 1.807) is 18.3 Å². The second-order valence-electron chi connectivity index (χ2n) is 5.02. The normalized spacial score (nSPS) is 13.6.